The third kappa shape index (κ3) is 42.7. The summed E-state index contributed by atoms with van der Waals surface area (Å²) >= 11 is 0. The lowest BCUT2D eigenvalue weighted by Crippen LogP contribution is -2.25. The number of aliphatic hydroxyl groups excluding tert-OH is 4. The topological polar surface area (TPSA) is 134 Å². The molecule has 0 aliphatic carbocycles. The second-order valence-electron chi connectivity index (χ2n) is 14.0. The van der Waals surface area contributed by atoms with Crippen LogP contribution in [-0.4, -0.2) is 71.0 Å². The molecule has 0 heterocycles. The maximum atomic E-state index is 11.5. The van der Waals surface area contributed by atoms with E-state index >= 15 is 0 Å². The third-order valence-electron chi connectivity index (χ3n) is 8.98. The van der Waals surface area contributed by atoms with Gasteiger partial charge < -0.3 is 29.9 Å². The minimum Gasteiger partial charge on any atom is -0.463 e. The molecule has 0 amide bonds. The van der Waals surface area contributed by atoms with Gasteiger partial charge >= 0.3 is 11.9 Å². The lowest BCUT2D eigenvalue weighted by atomic mass is 10.0. The fourth-order valence-electron chi connectivity index (χ4n) is 5.67. The van der Waals surface area contributed by atoms with Gasteiger partial charge in [0.25, 0.3) is 0 Å². The molecule has 0 radical (unpaired) electrons. The number of rotatable bonds is 37. The van der Waals surface area contributed by atoms with E-state index in [1.807, 2.05) is 0 Å². The molecule has 1 unspecified atom stereocenters. The normalized spacial score (nSPS) is 11.9. The van der Waals surface area contributed by atoms with Gasteiger partial charge in [-0.25, -0.2) is 0 Å². The lowest BCUT2D eigenvalue weighted by Gasteiger charge is -2.12. The van der Waals surface area contributed by atoms with Crippen LogP contribution in [0.3, 0.4) is 0 Å². The smallest absolute Gasteiger partial charge is 0.306 e. The van der Waals surface area contributed by atoms with Crippen LogP contribution in [0, 0.1) is 0 Å². The Morgan fingerprint density at radius 2 is 0.820 bits per heavy atom. The van der Waals surface area contributed by atoms with Crippen molar-refractivity contribution in [3.63, 3.8) is 0 Å². The van der Waals surface area contributed by atoms with Crippen LogP contribution in [0.4, 0.5) is 0 Å². The van der Waals surface area contributed by atoms with Gasteiger partial charge in [-0.3, -0.25) is 9.59 Å². The van der Waals surface area contributed by atoms with E-state index in [2.05, 4.69) is 26.0 Å². The summed E-state index contributed by atoms with van der Waals surface area (Å²) in [6, 6.07) is 0. The van der Waals surface area contributed by atoms with Crippen LogP contribution >= 0.6 is 0 Å². The Morgan fingerprint density at radius 3 is 1.18 bits per heavy atom. The van der Waals surface area contributed by atoms with Crippen molar-refractivity contribution in [3.05, 3.63) is 12.2 Å². The largest absolute Gasteiger partial charge is 0.463 e. The summed E-state index contributed by atoms with van der Waals surface area (Å²) < 4.78 is 9.78. The molecule has 8 heteroatoms. The highest BCUT2D eigenvalue weighted by molar-refractivity contribution is 5.69. The van der Waals surface area contributed by atoms with Crippen molar-refractivity contribution in [1.82, 2.24) is 0 Å². The van der Waals surface area contributed by atoms with Crippen molar-refractivity contribution in [2.45, 2.75) is 219 Å². The fourth-order valence-corrected chi connectivity index (χ4v) is 5.67. The van der Waals surface area contributed by atoms with E-state index in [0.717, 1.165) is 38.5 Å². The first-order valence-corrected chi connectivity index (χ1v) is 21.0. The van der Waals surface area contributed by atoms with Crippen LogP contribution in [-0.2, 0) is 19.1 Å². The van der Waals surface area contributed by atoms with E-state index in [4.69, 9.17) is 29.9 Å². The molecule has 0 saturated heterocycles. The molecule has 1 atom stereocenters. The minimum absolute atomic E-state index is 0.103. The van der Waals surface area contributed by atoms with Crippen molar-refractivity contribution >= 4 is 11.9 Å². The van der Waals surface area contributed by atoms with E-state index in [0.29, 0.717) is 12.8 Å². The molecule has 4 N–H and O–H groups in total. The van der Waals surface area contributed by atoms with Crippen LogP contribution < -0.4 is 0 Å². The number of aliphatic hydroxyl groups is 4. The zero-order chi connectivity index (χ0) is 37.2. The van der Waals surface area contributed by atoms with E-state index < -0.39 is 12.2 Å². The Hall–Kier alpha value is -1.48. The summed E-state index contributed by atoms with van der Waals surface area (Å²) in [5, 5.41) is 35.4. The Bertz CT molecular complexity index is 710. The molecule has 50 heavy (non-hydrogen) atoms. The van der Waals surface area contributed by atoms with E-state index in [1.165, 1.54) is 141 Å². The Balaban J connectivity index is 0. The van der Waals surface area contributed by atoms with Crippen LogP contribution in [0.1, 0.15) is 206 Å². The average Bonchev–Trinajstić information content (AvgIpc) is 3.13. The second kappa shape index (κ2) is 43.7. The molecule has 298 valence electrons. The van der Waals surface area contributed by atoms with Crippen molar-refractivity contribution in [2.24, 2.45) is 0 Å². The van der Waals surface area contributed by atoms with Crippen molar-refractivity contribution in [2.75, 3.05) is 26.4 Å². The summed E-state index contributed by atoms with van der Waals surface area (Å²) in [5.74, 6) is -0.604. The monoisotopic (exact) mass is 715 g/mol. The molecule has 0 bridgehead atoms. The predicted octanol–water partition coefficient (Wildman–Crippen LogP) is 10.1. The maximum absolute atomic E-state index is 11.5. The van der Waals surface area contributed by atoms with Gasteiger partial charge in [-0.2, -0.15) is 0 Å². The van der Waals surface area contributed by atoms with Crippen LogP contribution in [0.25, 0.3) is 0 Å². The summed E-state index contributed by atoms with van der Waals surface area (Å²) in [6.45, 7) is 3.40. The highest BCUT2D eigenvalue weighted by Crippen LogP contribution is 2.14. The molecule has 0 spiro atoms. The van der Waals surface area contributed by atoms with Crippen molar-refractivity contribution in [3.8, 4) is 0 Å². The standard InChI is InChI=1S/C21H42O4.C21H40O4/c1-2-3-4-5-6-7-8-9-10-11-12-13-14-15-16-17-21(24)25-19-20(23)18-22;1-2-3-4-5-6-7-8-9-10-11-12-13-14-15-16-17-21(24)25-20(18-22)19-23/h20,22-23H,2-19H2,1H3;9-10,20,22-23H,2-8,11-19H2,1H3/b;10-9-. The van der Waals surface area contributed by atoms with Gasteiger partial charge in [-0.05, 0) is 38.5 Å². The number of unbranched alkanes of at least 4 members (excludes halogenated alkanes) is 25. The number of carbonyl (C=O) groups is 2. The molecule has 0 aliphatic heterocycles. The molecular weight excluding hydrogens is 632 g/mol. The number of ether oxygens (including phenoxy) is 2. The van der Waals surface area contributed by atoms with Crippen molar-refractivity contribution < 1.29 is 39.5 Å². The molecule has 0 saturated carbocycles. The average molecular weight is 715 g/mol. The SMILES string of the molecule is CCCCCCCC/C=C\CCCCCCCC(=O)OC(CO)CO.CCCCCCCCCCCCCCCCCC(=O)OCC(O)CO. The predicted molar refractivity (Wildman–Crippen MR) is 207 cm³/mol. The molecule has 0 fully saturated rings. The van der Waals surface area contributed by atoms with Crippen LogP contribution in [0.15, 0.2) is 12.2 Å². The second-order valence-corrected chi connectivity index (χ2v) is 14.0. The van der Waals surface area contributed by atoms with Gasteiger partial charge in [0.05, 0.1) is 19.8 Å². The molecule has 8 nitrogen and oxygen atoms in total. The van der Waals surface area contributed by atoms with Crippen LogP contribution in [0.5, 0.6) is 0 Å². The third-order valence-corrected chi connectivity index (χ3v) is 8.98. The van der Waals surface area contributed by atoms with Gasteiger partial charge in [0.1, 0.15) is 18.8 Å². The number of allylic oxidation sites excluding steroid dienone is 2. The first kappa shape index (κ1) is 50.6. The Labute approximate surface area is 308 Å². The zero-order valence-electron chi connectivity index (χ0n) is 32.8. The summed E-state index contributed by atoms with van der Waals surface area (Å²) in [5.41, 5.74) is 0. The first-order chi connectivity index (χ1) is 24.4. The summed E-state index contributed by atoms with van der Waals surface area (Å²) in [4.78, 5) is 22.8. The van der Waals surface area contributed by atoms with Crippen LogP contribution in [0.2, 0.25) is 0 Å². The van der Waals surface area contributed by atoms with E-state index in [9.17, 15) is 9.59 Å². The highest BCUT2D eigenvalue weighted by Gasteiger charge is 2.11. The highest BCUT2D eigenvalue weighted by atomic mass is 16.6. The number of esters is 2. The number of hydrogen-bond donors (Lipinski definition) is 4. The van der Waals surface area contributed by atoms with Gasteiger partial charge in [0.15, 0.2) is 0 Å². The fraction of sp³-hybridized carbons (Fsp3) is 0.905. The molecule has 0 aliphatic rings. The molecule has 0 aromatic heterocycles. The van der Waals surface area contributed by atoms with E-state index in [-0.39, 0.29) is 38.4 Å². The summed E-state index contributed by atoms with van der Waals surface area (Å²) in [6.07, 6.45) is 39.2. The Morgan fingerprint density at radius 1 is 0.480 bits per heavy atom. The zero-order valence-corrected chi connectivity index (χ0v) is 32.8. The van der Waals surface area contributed by atoms with E-state index in [1.54, 1.807) is 0 Å². The molecule has 0 rings (SSSR count). The van der Waals surface area contributed by atoms with Gasteiger partial charge in [0.2, 0.25) is 0 Å². The first-order valence-electron chi connectivity index (χ1n) is 21.0. The number of hydrogen-bond acceptors (Lipinski definition) is 8. The lowest BCUT2D eigenvalue weighted by molar-refractivity contribution is -0.153. The number of carbonyl (C=O) groups excluding carboxylic acids is 2. The maximum Gasteiger partial charge on any atom is 0.306 e. The van der Waals surface area contributed by atoms with Gasteiger partial charge in [-0.1, -0.05) is 167 Å². The summed E-state index contributed by atoms with van der Waals surface area (Å²) in [7, 11) is 0. The molecule has 0 aromatic rings. The quantitative estimate of drug-likeness (QED) is 0.0284. The Kier molecular flexibility index (Phi) is 44.2. The molecule has 0 aromatic carbocycles. The minimum atomic E-state index is -0.954. The molecular formula is C42H82O8. The van der Waals surface area contributed by atoms with Gasteiger partial charge in [-0.15, -0.1) is 0 Å². The van der Waals surface area contributed by atoms with Gasteiger partial charge in [0, 0.05) is 12.8 Å². The van der Waals surface area contributed by atoms with Crippen molar-refractivity contribution in [1.29, 1.82) is 0 Å².